The summed E-state index contributed by atoms with van der Waals surface area (Å²) in [4.78, 5) is 21.9. The average molecular weight is 283 g/mol. The molecule has 1 amide bonds. The Labute approximate surface area is 115 Å². The predicted molar refractivity (Wildman–Crippen MR) is 72.4 cm³/mol. The molecule has 2 atom stereocenters. The minimum Gasteiger partial charge on any atom is -0.481 e. The van der Waals surface area contributed by atoms with Gasteiger partial charge in [-0.2, -0.15) is 0 Å². The molecule has 0 saturated heterocycles. The number of amides is 1. The Morgan fingerprint density at radius 2 is 2.11 bits per heavy atom. The van der Waals surface area contributed by atoms with Gasteiger partial charge in [0.2, 0.25) is 5.91 Å². The van der Waals surface area contributed by atoms with Crippen LogP contribution in [0.1, 0.15) is 29.6 Å². The molecule has 0 unspecified atom stereocenters. The quantitative estimate of drug-likeness (QED) is 0.788. The highest BCUT2D eigenvalue weighted by atomic mass is 35.5. The van der Waals surface area contributed by atoms with Crippen molar-refractivity contribution in [3.8, 4) is 0 Å². The van der Waals surface area contributed by atoms with Crippen LogP contribution in [-0.4, -0.2) is 23.0 Å². The fourth-order valence-electron chi connectivity index (χ4n) is 2.34. The van der Waals surface area contributed by atoms with E-state index in [0.29, 0.717) is 29.1 Å². The van der Waals surface area contributed by atoms with Gasteiger partial charge in [-0.15, -0.1) is 0 Å². The van der Waals surface area contributed by atoms with Gasteiger partial charge >= 0.3 is 5.97 Å². The van der Waals surface area contributed by atoms with Gasteiger partial charge in [0.05, 0.1) is 16.6 Å². The Balaban J connectivity index is 2.04. The van der Waals surface area contributed by atoms with Gasteiger partial charge in [0, 0.05) is 11.6 Å². The number of hydrogen-bond acceptors (Lipinski definition) is 3. The summed E-state index contributed by atoms with van der Waals surface area (Å²) < 4.78 is 0. The van der Waals surface area contributed by atoms with Crippen LogP contribution in [0.4, 0.5) is 5.69 Å². The molecule has 1 aliphatic carbocycles. The third kappa shape index (κ3) is 3.17. The van der Waals surface area contributed by atoms with E-state index in [4.69, 9.17) is 22.4 Å². The first-order valence-electron chi connectivity index (χ1n) is 6.06. The number of carboxylic acids is 1. The zero-order valence-electron chi connectivity index (χ0n) is 10.2. The van der Waals surface area contributed by atoms with Crippen LogP contribution >= 0.6 is 11.6 Å². The molecular formula is C13H15ClN2O3. The second-order valence-electron chi connectivity index (χ2n) is 4.75. The number of carbonyl (C=O) groups excluding carboxylic acids is 1. The highest BCUT2D eigenvalue weighted by molar-refractivity contribution is 6.33. The van der Waals surface area contributed by atoms with Gasteiger partial charge in [-0.25, -0.2) is 0 Å². The highest BCUT2D eigenvalue weighted by Gasteiger charge is 2.29. The van der Waals surface area contributed by atoms with Crippen LogP contribution in [0, 0.1) is 5.92 Å². The molecule has 0 spiro atoms. The lowest BCUT2D eigenvalue weighted by Crippen LogP contribution is -2.18. The fourth-order valence-corrected chi connectivity index (χ4v) is 2.58. The summed E-state index contributed by atoms with van der Waals surface area (Å²) in [6, 6.07) is 4.89. The Kier molecular flexibility index (Phi) is 3.95. The topological polar surface area (TPSA) is 92.4 Å². The number of hydrogen-bond donors (Lipinski definition) is 3. The third-order valence-corrected chi connectivity index (χ3v) is 3.71. The molecule has 102 valence electrons. The highest BCUT2D eigenvalue weighted by Crippen LogP contribution is 2.31. The molecule has 0 aromatic heterocycles. The molecule has 1 aromatic carbocycles. The molecule has 19 heavy (non-hydrogen) atoms. The first-order valence-corrected chi connectivity index (χ1v) is 6.44. The Hall–Kier alpha value is -1.75. The normalized spacial score (nSPS) is 22.2. The monoisotopic (exact) mass is 282 g/mol. The predicted octanol–water partition coefficient (Wildman–Crippen LogP) is 2.10. The molecule has 2 rings (SSSR count). The number of carboxylic acid groups (broad SMARTS) is 1. The van der Waals surface area contributed by atoms with Crippen molar-refractivity contribution in [3.63, 3.8) is 0 Å². The first kappa shape index (κ1) is 13.7. The van der Waals surface area contributed by atoms with Gasteiger partial charge in [0.25, 0.3) is 0 Å². The number of primary amides is 1. The largest absolute Gasteiger partial charge is 0.481 e. The summed E-state index contributed by atoms with van der Waals surface area (Å²) in [5.74, 6) is -1.57. The van der Waals surface area contributed by atoms with Crippen LogP contribution in [0.5, 0.6) is 0 Å². The van der Waals surface area contributed by atoms with Crippen LogP contribution in [0.25, 0.3) is 0 Å². The van der Waals surface area contributed by atoms with Crippen LogP contribution in [0.2, 0.25) is 5.02 Å². The summed E-state index contributed by atoms with van der Waals surface area (Å²) in [6.07, 6.45) is 2.05. The molecule has 1 aliphatic rings. The SMILES string of the molecule is NC(=O)c1ccc(N[C@H]2CC[C@@H](C(=O)O)C2)c(Cl)c1. The maximum atomic E-state index is 11.0. The van der Waals surface area contributed by atoms with Gasteiger partial charge < -0.3 is 16.2 Å². The van der Waals surface area contributed by atoms with Gasteiger partial charge in [-0.05, 0) is 37.5 Å². The zero-order chi connectivity index (χ0) is 14.0. The molecule has 1 fully saturated rings. The first-order chi connectivity index (χ1) is 8.97. The minimum atomic E-state index is -0.750. The molecule has 6 heteroatoms. The molecule has 1 saturated carbocycles. The Bertz CT molecular complexity index is 519. The maximum Gasteiger partial charge on any atom is 0.306 e. The molecule has 0 aliphatic heterocycles. The number of anilines is 1. The number of aliphatic carboxylic acids is 1. The van der Waals surface area contributed by atoms with E-state index in [1.165, 1.54) is 6.07 Å². The number of nitrogens with one attached hydrogen (secondary N) is 1. The van der Waals surface area contributed by atoms with Crippen molar-refractivity contribution in [3.05, 3.63) is 28.8 Å². The van der Waals surface area contributed by atoms with Crippen molar-refractivity contribution >= 4 is 29.2 Å². The van der Waals surface area contributed by atoms with Crippen molar-refractivity contribution in [1.82, 2.24) is 0 Å². The molecule has 4 N–H and O–H groups in total. The second kappa shape index (κ2) is 5.48. The van der Waals surface area contributed by atoms with E-state index in [1.807, 2.05) is 0 Å². The van der Waals surface area contributed by atoms with Crippen LogP contribution < -0.4 is 11.1 Å². The third-order valence-electron chi connectivity index (χ3n) is 3.40. The van der Waals surface area contributed by atoms with Crippen molar-refractivity contribution in [2.24, 2.45) is 11.7 Å². The van der Waals surface area contributed by atoms with E-state index in [9.17, 15) is 9.59 Å². The van der Waals surface area contributed by atoms with Gasteiger partial charge in [-0.3, -0.25) is 9.59 Å². The van der Waals surface area contributed by atoms with E-state index >= 15 is 0 Å². The molecule has 0 bridgehead atoms. The lowest BCUT2D eigenvalue weighted by molar-refractivity contribution is -0.141. The van der Waals surface area contributed by atoms with E-state index in [0.717, 1.165) is 6.42 Å². The number of rotatable bonds is 4. The van der Waals surface area contributed by atoms with Crippen molar-refractivity contribution < 1.29 is 14.7 Å². The molecule has 0 heterocycles. The number of halogens is 1. The van der Waals surface area contributed by atoms with Crippen molar-refractivity contribution in [1.29, 1.82) is 0 Å². The Morgan fingerprint density at radius 3 is 2.63 bits per heavy atom. The summed E-state index contributed by atoms with van der Waals surface area (Å²) in [5, 5.41) is 12.6. The fraction of sp³-hybridized carbons (Fsp3) is 0.385. The number of benzene rings is 1. The number of nitrogens with two attached hydrogens (primary N) is 1. The number of carbonyl (C=O) groups is 2. The van der Waals surface area contributed by atoms with Crippen molar-refractivity contribution in [2.45, 2.75) is 25.3 Å². The van der Waals surface area contributed by atoms with E-state index in [-0.39, 0.29) is 12.0 Å². The molecule has 0 radical (unpaired) electrons. The molecular weight excluding hydrogens is 268 g/mol. The zero-order valence-corrected chi connectivity index (χ0v) is 11.0. The summed E-state index contributed by atoms with van der Waals surface area (Å²) in [5.41, 5.74) is 6.21. The lowest BCUT2D eigenvalue weighted by Gasteiger charge is -2.15. The van der Waals surface area contributed by atoms with Crippen molar-refractivity contribution in [2.75, 3.05) is 5.32 Å². The van der Waals surface area contributed by atoms with Gasteiger partial charge in [0.1, 0.15) is 0 Å². The second-order valence-corrected chi connectivity index (χ2v) is 5.16. The van der Waals surface area contributed by atoms with Gasteiger partial charge in [-0.1, -0.05) is 11.6 Å². The molecule has 5 nitrogen and oxygen atoms in total. The summed E-state index contributed by atoms with van der Waals surface area (Å²) >= 11 is 6.06. The molecule has 1 aromatic rings. The van der Waals surface area contributed by atoms with Crippen LogP contribution in [0.15, 0.2) is 18.2 Å². The van der Waals surface area contributed by atoms with Gasteiger partial charge in [0.15, 0.2) is 0 Å². The lowest BCUT2D eigenvalue weighted by atomic mass is 10.1. The smallest absolute Gasteiger partial charge is 0.306 e. The summed E-state index contributed by atoms with van der Waals surface area (Å²) in [7, 11) is 0. The van der Waals surface area contributed by atoms with E-state index in [2.05, 4.69) is 5.32 Å². The van der Waals surface area contributed by atoms with E-state index in [1.54, 1.807) is 12.1 Å². The maximum absolute atomic E-state index is 11.0. The average Bonchev–Trinajstić information content (AvgIpc) is 2.80. The Morgan fingerprint density at radius 1 is 1.37 bits per heavy atom. The minimum absolute atomic E-state index is 0.0954. The van der Waals surface area contributed by atoms with E-state index < -0.39 is 11.9 Å². The standard InChI is InChI=1S/C13H15ClN2O3/c14-10-6-7(12(15)17)2-4-11(10)16-9-3-1-8(5-9)13(18)19/h2,4,6,8-9,16H,1,3,5H2,(H2,15,17)(H,18,19)/t8-,9+/m1/s1. The van der Waals surface area contributed by atoms with Crippen LogP contribution in [0.3, 0.4) is 0 Å². The van der Waals surface area contributed by atoms with Crippen LogP contribution in [-0.2, 0) is 4.79 Å². The summed E-state index contributed by atoms with van der Waals surface area (Å²) in [6.45, 7) is 0.